The largest absolute Gasteiger partial charge is 0.396 e. The highest BCUT2D eigenvalue weighted by Crippen LogP contribution is 2.05. The molecule has 0 spiro atoms. The van der Waals surface area contributed by atoms with Crippen molar-refractivity contribution in [2.45, 2.75) is 45.8 Å². The fraction of sp³-hybridized carbons (Fsp3) is 0.667. The number of aliphatic hydroxyl groups is 1. The number of hydrogen-bond acceptors (Lipinski definition) is 2. The van der Waals surface area contributed by atoms with Crippen LogP contribution in [0.5, 0.6) is 0 Å². The monoisotopic (exact) mass is 210 g/mol. The Bertz CT molecular complexity index is 286. The van der Waals surface area contributed by atoms with E-state index in [0.717, 1.165) is 19.5 Å². The van der Waals surface area contributed by atoms with Gasteiger partial charge in [0.25, 0.3) is 0 Å². The summed E-state index contributed by atoms with van der Waals surface area (Å²) in [6.45, 7) is 8.54. The van der Waals surface area contributed by atoms with E-state index in [1.165, 1.54) is 5.56 Å². The molecular weight excluding hydrogens is 188 g/mol. The minimum absolute atomic E-state index is 0.160. The maximum absolute atomic E-state index is 8.72. The summed E-state index contributed by atoms with van der Waals surface area (Å²) >= 11 is 0. The van der Waals surface area contributed by atoms with Crippen molar-refractivity contribution >= 4 is 0 Å². The van der Waals surface area contributed by atoms with Crippen molar-refractivity contribution in [2.24, 2.45) is 0 Å². The van der Waals surface area contributed by atoms with Gasteiger partial charge in [-0.25, -0.2) is 0 Å². The minimum Gasteiger partial charge on any atom is -0.396 e. The minimum atomic E-state index is 0.160. The number of hydrogen-bond donors (Lipinski definition) is 2. The average Bonchev–Trinajstić information content (AvgIpc) is 2.58. The zero-order valence-electron chi connectivity index (χ0n) is 9.95. The summed E-state index contributed by atoms with van der Waals surface area (Å²) in [5, 5.41) is 12.2. The Labute approximate surface area is 92.1 Å². The quantitative estimate of drug-likeness (QED) is 0.777. The van der Waals surface area contributed by atoms with Gasteiger partial charge in [0, 0.05) is 37.6 Å². The van der Waals surface area contributed by atoms with Gasteiger partial charge >= 0.3 is 0 Å². The lowest BCUT2D eigenvalue weighted by Crippen LogP contribution is -2.34. The smallest absolute Gasteiger partial charge is 0.0448 e. The Kier molecular flexibility index (Phi) is 4.36. The van der Waals surface area contributed by atoms with Gasteiger partial charge in [0.1, 0.15) is 0 Å². The first-order chi connectivity index (χ1) is 7.01. The van der Waals surface area contributed by atoms with Crippen molar-refractivity contribution in [3.8, 4) is 0 Å². The van der Waals surface area contributed by atoms with Crippen molar-refractivity contribution in [1.29, 1.82) is 0 Å². The molecule has 1 aromatic rings. The molecule has 0 aromatic carbocycles. The van der Waals surface area contributed by atoms with E-state index in [2.05, 4.69) is 49.1 Å². The molecule has 15 heavy (non-hydrogen) atoms. The zero-order chi connectivity index (χ0) is 11.3. The van der Waals surface area contributed by atoms with Gasteiger partial charge in [0.15, 0.2) is 0 Å². The van der Waals surface area contributed by atoms with E-state index in [-0.39, 0.29) is 12.1 Å². The van der Waals surface area contributed by atoms with Gasteiger partial charge in [0.2, 0.25) is 0 Å². The third-order valence-electron chi connectivity index (χ3n) is 2.21. The fourth-order valence-electron chi connectivity index (χ4n) is 1.35. The molecule has 0 aliphatic carbocycles. The van der Waals surface area contributed by atoms with Gasteiger partial charge in [-0.2, -0.15) is 0 Å². The topological polar surface area (TPSA) is 37.2 Å². The number of nitrogens with zero attached hydrogens (tertiary/aromatic N) is 1. The van der Waals surface area contributed by atoms with Gasteiger partial charge in [-0.05, 0) is 38.8 Å². The van der Waals surface area contributed by atoms with Gasteiger partial charge in [-0.1, -0.05) is 0 Å². The van der Waals surface area contributed by atoms with Crippen molar-refractivity contribution < 1.29 is 5.11 Å². The van der Waals surface area contributed by atoms with Crippen LogP contribution in [0.25, 0.3) is 0 Å². The molecule has 0 saturated heterocycles. The van der Waals surface area contributed by atoms with Crippen LogP contribution in [0.15, 0.2) is 18.5 Å². The summed E-state index contributed by atoms with van der Waals surface area (Å²) in [6, 6.07) is 2.12. The van der Waals surface area contributed by atoms with Crippen LogP contribution < -0.4 is 5.32 Å². The van der Waals surface area contributed by atoms with Gasteiger partial charge in [-0.15, -0.1) is 0 Å². The fourth-order valence-corrected chi connectivity index (χ4v) is 1.35. The standard InChI is InChI=1S/C12H22N2O/c1-12(2,3)13-9-11-5-7-14(10-11)6-4-8-15/h5,7,10,13,15H,4,6,8-9H2,1-3H3. The summed E-state index contributed by atoms with van der Waals surface area (Å²) < 4.78 is 2.12. The molecule has 0 fully saturated rings. The second kappa shape index (κ2) is 5.33. The molecule has 0 saturated carbocycles. The second-order valence-electron chi connectivity index (χ2n) is 4.94. The predicted octanol–water partition coefficient (Wildman–Crippen LogP) is 1.76. The van der Waals surface area contributed by atoms with Gasteiger partial charge < -0.3 is 15.0 Å². The van der Waals surface area contributed by atoms with Crippen LogP contribution in [0.3, 0.4) is 0 Å². The molecule has 2 N–H and O–H groups in total. The third-order valence-corrected chi connectivity index (χ3v) is 2.21. The highest BCUT2D eigenvalue weighted by atomic mass is 16.3. The van der Waals surface area contributed by atoms with E-state index in [1.54, 1.807) is 0 Å². The lowest BCUT2D eigenvalue weighted by atomic mass is 10.1. The molecule has 0 radical (unpaired) electrons. The first-order valence-electron chi connectivity index (χ1n) is 5.52. The molecule has 0 bridgehead atoms. The maximum atomic E-state index is 8.72. The van der Waals surface area contributed by atoms with Crippen molar-refractivity contribution in [3.63, 3.8) is 0 Å². The predicted molar refractivity (Wildman–Crippen MR) is 62.7 cm³/mol. The molecule has 0 unspecified atom stereocenters. The first-order valence-corrected chi connectivity index (χ1v) is 5.52. The van der Waals surface area contributed by atoms with E-state index >= 15 is 0 Å². The number of aromatic nitrogens is 1. The number of rotatable bonds is 5. The number of aryl methyl sites for hydroxylation is 1. The van der Waals surface area contributed by atoms with E-state index in [1.807, 2.05) is 0 Å². The average molecular weight is 210 g/mol. The molecule has 1 rings (SSSR count). The van der Waals surface area contributed by atoms with Crippen molar-refractivity contribution in [3.05, 3.63) is 24.0 Å². The Hall–Kier alpha value is -0.800. The Morgan fingerprint density at radius 3 is 2.73 bits per heavy atom. The van der Waals surface area contributed by atoms with Crippen LogP contribution in [0.2, 0.25) is 0 Å². The molecule has 3 nitrogen and oxygen atoms in total. The molecule has 1 aromatic heterocycles. The van der Waals surface area contributed by atoms with E-state index in [4.69, 9.17) is 5.11 Å². The van der Waals surface area contributed by atoms with Crippen LogP contribution in [-0.2, 0) is 13.1 Å². The third kappa shape index (κ3) is 5.00. The SMILES string of the molecule is CC(C)(C)NCc1ccn(CCCO)c1. The summed E-state index contributed by atoms with van der Waals surface area (Å²) in [4.78, 5) is 0. The van der Waals surface area contributed by atoms with Crippen LogP contribution >= 0.6 is 0 Å². The summed E-state index contributed by atoms with van der Waals surface area (Å²) in [5.41, 5.74) is 1.45. The van der Waals surface area contributed by atoms with Crippen molar-refractivity contribution in [1.82, 2.24) is 9.88 Å². The Morgan fingerprint density at radius 1 is 1.40 bits per heavy atom. The number of nitrogens with one attached hydrogen (secondary N) is 1. The van der Waals surface area contributed by atoms with Gasteiger partial charge in [-0.3, -0.25) is 0 Å². The lowest BCUT2D eigenvalue weighted by Gasteiger charge is -2.19. The molecule has 0 atom stereocenters. The molecule has 0 aliphatic heterocycles. The molecule has 0 amide bonds. The van der Waals surface area contributed by atoms with Crippen LogP contribution in [0.4, 0.5) is 0 Å². The number of aliphatic hydroxyl groups excluding tert-OH is 1. The van der Waals surface area contributed by atoms with E-state index < -0.39 is 0 Å². The second-order valence-corrected chi connectivity index (χ2v) is 4.94. The lowest BCUT2D eigenvalue weighted by molar-refractivity contribution is 0.280. The van der Waals surface area contributed by atoms with Crippen LogP contribution in [0.1, 0.15) is 32.8 Å². The normalized spacial score (nSPS) is 12.0. The molecule has 1 heterocycles. The first kappa shape index (κ1) is 12.3. The summed E-state index contributed by atoms with van der Waals surface area (Å²) in [5.74, 6) is 0. The molecular formula is C12H22N2O. The van der Waals surface area contributed by atoms with E-state index in [9.17, 15) is 0 Å². The summed E-state index contributed by atoms with van der Waals surface area (Å²) in [6.07, 6.45) is 5.02. The van der Waals surface area contributed by atoms with Crippen LogP contribution in [0, 0.1) is 0 Å². The van der Waals surface area contributed by atoms with Gasteiger partial charge in [0.05, 0.1) is 0 Å². The highest BCUT2D eigenvalue weighted by Gasteiger charge is 2.08. The summed E-state index contributed by atoms with van der Waals surface area (Å²) in [7, 11) is 0. The van der Waals surface area contributed by atoms with Crippen LogP contribution in [-0.4, -0.2) is 21.8 Å². The molecule has 0 aliphatic rings. The Balaban J connectivity index is 2.39. The maximum Gasteiger partial charge on any atom is 0.0448 e. The van der Waals surface area contributed by atoms with E-state index in [0.29, 0.717) is 0 Å². The zero-order valence-corrected chi connectivity index (χ0v) is 9.95. The van der Waals surface area contributed by atoms with Crippen molar-refractivity contribution in [2.75, 3.05) is 6.61 Å². The highest BCUT2D eigenvalue weighted by molar-refractivity contribution is 5.10. The molecule has 3 heteroatoms. The Morgan fingerprint density at radius 2 is 2.13 bits per heavy atom. The molecule has 86 valence electrons.